The molecule has 0 aliphatic carbocycles. The molecule has 1 unspecified atom stereocenters. The molecule has 5 nitrogen and oxygen atoms in total. The van der Waals surface area contributed by atoms with Gasteiger partial charge >= 0.3 is 0 Å². The third kappa shape index (κ3) is 3.40. The Labute approximate surface area is 137 Å². The van der Waals surface area contributed by atoms with Crippen LogP contribution in [-0.2, 0) is 17.7 Å². The lowest BCUT2D eigenvalue weighted by Crippen LogP contribution is -2.33. The summed E-state index contributed by atoms with van der Waals surface area (Å²) in [6.45, 7) is 6.37. The highest BCUT2D eigenvalue weighted by Gasteiger charge is 2.21. The number of fused-ring (bicyclic) bond motifs is 1. The molecule has 0 radical (unpaired) electrons. The summed E-state index contributed by atoms with van der Waals surface area (Å²) in [5, 5.41) is 0. The highest BCUT2D eigenvalue weighted by Crippen LogP contribution is 2.21. The second-order valence-corrected chi connectivity index (χ2v) is 6.86. The molecule has 23 heavy (non-hydrogen) atoms. The molecule has 2 aromatic heterocycles. The minimum absolute atomic E-state index is 0.612. The van der Waals surface area contributed by atoms with Crippen molar-refractivity contribution in [3.05, 3.63) is 24.2 Å². The average molecular weight is 314 g/mol. The number of imidazole rings is 1. The first kappa shape index (κ1) is 15.1. The van der Waals surface area contributed by atoms with Gasteiger partial charge in [-0.2, -0.15) is 0 Å². The smallest absolute Gasteiger partial charge is 0.160 e. The Morgan fingerprint density at radius 2 is 2.09 bits per heavy atom. The number of hydrogen-bond acceptors (Lipinski definition) is 4. The minimum Gasteiger partial charge on any atom is -0.381 e. The summed E-state index contributed by atoms with van der Waals surface area (Å²) < 4.78 is 7.89. The second-order valence-electron chi connectivity index (χ2n) is 6.86. The number of piperidine rings is 1. The van der Waals surface area contributed by atoms with Crippen LogP contribution in [0.4, 0.5) is 0 Å². The van der Waals surface area contributed by atoms with E-state index in [9.17, 15) is 0 Å². The predicted octanol–water partition coefficient (Wildman–Crippen LogP) is 2.50. The monoisotopic (exact) mass is 314 g/mol. The fraction of sp³-hybridized carbons (Fsp3) is 0.667. The van der Waals surface area contributed by atoms with E-state index in [0.29, 0.717) is 5.92 Å². The molecule has 2 aromatic rings. The first-order valence-corrected chi connectivity index (χ1v) is 9.00. The van der Waals surface area contributed by atoms with E-state index in [1.165, 1.54) is 38.2 Å². The van der Waals surface area contributed by atoms with Crippen molar-refractivity contribution in [2.45, 2.75) is 38.6 Å². The van der Waals surface area contributed by atoms with E-state index in [1.807, 2.05) is 12.3 Å². The molecule has 2 aliphatic heterocycles. The van der Waals surface area contributed by atoms with Crippen molar-refractivity contribution in [1.82, 2.24) is 19.4 Å². The van der Waals surface area contributed by atoms with Crippen LogP contribution in [0.25, 0.3) is 11.2 Å². The van der Waals surface area contributed by atoms with Gasteiger partial charge in [0.1, 0.15) is 11.3 Å². The van der Waals surface area contributed by atoms with Crippen LogP contribution in [0.1, 0.15) is 31.5 Å². The summed E-state index contributed by atoms with van der Waals surface area (Å²) in [5.74, 6) is 1.80. The van der Waals surface area contributed by atoms with Gasteiger partial charge in [-0.15, -0.1) is 0 Å². The van der Waals surface area contributed by atoms with E-state index in [0.717, 1.165) is 50.3 Å². The lowest BCUT2D eigenvalue weighted by atomic mass is 10.0. The summed E-state index contributed by atoms with van der Waals surface area (Å²) >= 11 is 0. The Kier molecular flexibility index (Phi) is 4.57. The summed E-state index contributed by atoms with van der Waals surface area (Å²) in [5.41, 5.74) is 2.07. The van der Waals surface area contributed by atoms with E-state index < -0.39 is 0 Å². The third-order valence-electron chi connectivity index (χ3n) is 5.17. The van der Waals surface area contributed by atoms with Gasteiger partial charge < -0.3 is 14.2 Å². The van der Waals surface area contributed by atoms with Crippen molar-refractivity contribution >= 4 is 11.2 Å². The van der Waals surface area contributed by atoms with Gasteiger partial charge in [-0.25, -0.2) is 9.97 Å². The maximum atomic E-state index is 5.54. The highest BCUT2D eigenvalue weighted by molar-refractivity contribution is 5.71. The van der Waals surface area contributed by atoms with Crippen molar-refractivity contribution in [3.63, 3.8) is 0 Å². The zero-order chi connectivity index (χ0) is 15.5. The van der Waals surface area contributed by atoms with Gasteiger partial charge in [0.15, 0.2) is 5.65 Å². The molecule has 0 N–H and O–H groups in total. The zero-order valence-corrected chi connectivity index (χ0v) is 13.8. The first-order chi connectivity index (χ1) is 11.4. The van der Waals surface area contributed by atoms with E-state index >= 15 is 0 Å². The van der Waals surface area contributed by atoms with Crippen LogP contribution < -0.4 is 0 Å². The van der Waals surface area contributed by atoms with Crippen LogP contribution in [-0.4, -0.2) is 52.3 Å². The zero-order valence-electron chi connectivity index (χ0n) is 13.8. The van der Waals surface area contributed by atoms with Crippen LogP contribution >= 0.6 is 0 Å². The number of aromatic nitrogens is 3. The van der Waals surface area contributed by atoms with Crippen LogP contribution in [0.5, 0.6) is 0 Å². The van der Waals surface area contributed by atoms with E-state index in [2.05, 4.69) is 20.5 Å². The molecule has 4 rings (SSSR count). The molecule has 0 spiro atoms. The topological polar surface area (TPSA) is 43.2 Å². The summed E-state index contributed by atoms with van der Waals surface area (Å²) in [4.78, 5) is 12.0. The lowest BCUT2D eigenvalue weighted by molar-refractivity contribution is 0.185. The molecule has 0 bridgehead atoms. The summed E-state index contributed by atoms with van der Waals surface area (Å²) in [7, 11) is 0. The quantitative estimate of drug-likeness (QED) is 0.850. The fourth-order valence-electron chi connectivity index (χ4n) is 3.82. The van der Waals surface area contributed by atoms with Crippen LogP contribution in [0.15, 0.2) is 18.3 Å². The largest absolute Gasteiger partial charge is 0.381 e. The van der Waals surface area contributed by atoms with Crippen LogP contribution in [0.3, 0.4) is 0 Å². The molecule has 2 aliphatic rings. The van der Waals surface area contributed by atoms with Crippen LogP contribution in [0, 0.1) is 5.92 Å². The maximum Gasteiger partial charge on any atom is 0.160 e. The number of pyridine rings is 1. The number of hydrogen-bond donors (Lipinski definition) is 0. The van der Waals surface area contributed by atoms with Crippen molar-refractivity contribution in [2.75, 3.05) is 32.8 Å². The molecule has 1 atom stereocenters. The molecule has 4 heterocycles. The molecule has 0 amide bonds. The van der Waals surface area contributed by atoms with Gasteiger partial charge in [-0.05, 0) is 50.4 Å². The predicted molar refractivity (Wildman–Crippen MR) is 90.4 cm³/mol. The highest BCUT2D eigenvalue weighted by atomic mass is 16.5. The van der Waals surface area contributed by atoms with Gasteiger partial charge in [-0.1, -0.05) is 6.42 Å². The molecule has 0 aromatic carbocycles. The number of likely N-dealkylation sites (tertiary alicyclic amines) is 1. The Balaban J connectivity index is 1.54. The van der Waals surface area contributed by atoms with Crippen LogP contribution in [0.2, 0.25) is 0 Å². The molecule has 0 saturated carbocycles. The summed E-state index contributed by atoms with van der Waals surface area (Å²) in [6.07, 6.45) is 8.12. The van der Waals surface area contributed by atoms with Crippen molar-refractivity contribution < 1.29 is 4.74 Å². The van der Waals surface area contributed by atoms with Gasteiger partial charge in [0.2, 0.25) is 0 Å². The third-order valence-corrected chi connectivity index (χ3v) is 5.17. The first-order valence-electron chi connectivity index (χ1n) is 9.00. The second kappa shape index (κ2) is 6.97. The minimum atomic E-state index is 0.612. The van der Waals surface area contributed by atoms with Gasteiger partial charge in [0.05, 0.1) is 0 Å². The molecule has 2 saturated heterocycles. The Bertz CT molecular complexity index is 642. The molecule has 124 valence electrons. The van der Waals surface area contributed by atoms with Gasteiger partial charge in [0.25, 0.3) is 0 Å². The molecule has 2 fully saturated rings. The van der Waals surface area contributed by atoms with Gasteiger partial charge in [-0.3, -0.25) is 0 Å². The SMILES string of the molecule is c1cnc2c(c1)nc(CC1CCOC1)n2CCN1CCCCC1. The summed E-state index contributed by atoms with van der Waals surface area (Å²) in [6, 6.07) is 4.06. The Morgan fingerprint density at radius 1 is 1.17 bits per heavy atom. The fourth-order valence-corrected chi connectivity index (χ4v) is 3.82. The van der Waals surface area contributed by atoms with Crippen molar-refractivity contribution in [3.8, 4) is 0 Å². The maximum absolute atomic E-state index is 5.54. The molecule has 5 heteroatoms. The van der Waals surface area contributed by atoms with E-state index in [4.69, 9.17) is 9.72 Å². The van der Waals surface area contributed by atoms with E-state index in [1.54, 1.807) is 0 Å². The van der Waals surface area contributed by atoms with Gasteiger partial charge in [0, 0.05) is 38.9 Å². The Hall–Kier alpha value is -1.46. The molecular weight excluding hydrogens is 288 g/mol. The normalized spacial score (nSPS) is 22.9. The lowest BCUT2D eigenvalue weighted by Gasteiger charge is -2.26. The Morgan fingerprint density at radius 3 is 2.91 bits per heavy atom. The van der Waals surface area contributed by atoms with E-state index in [-0.39, 0.29) is 0 Å². The number of nitrogens with zero attached hydrogens (tertiary/aromatic N) is 4. The standard InChI is InChI=1S/C18H26N4O/c1-2-8-21(9-3-1)10-11-22-17(13-15-6-12-23-14-15)20-16-5-4-7-19-18(16)22/h4-5,7,15H,1-3,6,8-14H2. The average Bonchev–Trinajstić information content (AvgIpc) is 3.22. The van der Waals surface area contributed by atoms with Crippen molar-refractivity contribution in [2.24, 2.45) is 5.92 Å². The van der Waals surface area contributed by atoms with Crippen molar-refractivity contribution in [1.29, 1.82) is 0 Å². The molecular formula is C18H26N4O. The number of ether oxygens (including phenoxy) is 1. The number of rotatable bonds is 5.